The predicted molar refractivity (Wildman–Crippen MR) is 161 cm³/mol. The minimum Gasteiger partial charge on any atom is -0.247 e. The Morgan fingerprint density at radius 1 is 0.628 bits per heavy atom. The molecule has 0 heterocycles. The van der Waals surface area contributed by atoms with Gasteiger partial charge in [-0.25, -0.2) is 38.7 Å². The molecule has 232 valence electrons. The molecule has 8 heteroatoms. The first-order valence-corrected chi connectivity index (χ1v) is 15.6. The van der Waals surface area contributed by atoms with E-state index in [0.717, 1.165) is 57.8 Å². The van der Waals surface area contributed by atoms with Gasteiger partial charge in [0.15, 0.2) is 0 Å². The molecule has 0 N–H and O–H groups in total. The zero-order chi connectivity index (χ0) is 30.7. The van der Waals surface area contributed by atoms with Crippen LogP contribution < -0.4 is 0 Å². The van der Waals surface area contributed by atoms with Crippen molar-refractivity contribution in [2.24, 2.45) is 17.8 Å². The average molecular weight is 593 g/mol. The van der Waals surface area contributed by atoms with Crippen LogP contribution in [-0.2, 0) is 29.1 Å². The Morgan fingerprint density at radius 2 is 1.19 bits per heavy atom. The fourth-order valence-corrected chi connectivity index (χ4v) is 5.32. The highest BCUT2D eigenvalue weighted by Gasteiger charge is 2.34. The van der Waals surface area contributed by atoms with E-state index in [0.29, 0.717) is 24.0 Å². The van der Waals surface area contributed by atoms with Gasteiger partial charge in [0, 0.05) is 0 Å². The van der Waals surface area contributed by atoms with Crippen molar-refractivity contribution in [3.8, 4) is 0 Å². The van der Waals surface area contributed by atoms with Crippen LogP contribution in [0.4, 0.5) is 0 Å². The van der Waals surface area contributed by atoms with Crippen LogP contribution in [0, 0.1) is 17.8 Å². The molecular formula is C35H44O8. The SMILES string of the molecule is CCCCCCC1C=CC(CCCCCCCC(=O)OOC(=O)c2ccccc2)CC1C(=O)OOC(=O)c1ccccc1. The Labute approximate surface area is 254 Å². The minimum absolute atomic E-state index is 0.0720. The molecule has 0 aromatic heterocycles. The smallest absolute Gasteiger partial charge is 0.247 e. The van der Waals surface area contributed by atoms with Crippen LogP contribution in [0.25, 0.3) is 0 Å². The van der Waals surface area contributed by atoms with Gasteiger partial charge in [-0.05, 0) is 61.8 Å². The molecule has 0 spiro atoms. The summed E-state index contributed by atoms with van der Waals surface area (Å²) in [6, 6.07) is 16.8. The zero-order valence-electron chi connectivity index (χ0n) is 25.1. The summed E-state index contributed by atoms with van der Waals surface area (Å²) in [6.45, 7) is 2.17. The monoisotopic (exact) mass is 592 g/mol. The van der Waals surface area contributed by atoms with Crippen LogP contribution in [0.3, 0.4) is 0 Å². The number of carbonyl (C=O) groups excluding carboxylic acids is 4. The molecule has 0 aliphatic heterocycles. The number of hydrogen-bond acceptors (Lipinski definition) is 8. The number of carbonyl (C=O) groups is 4. The van der Waals surface area contributed by atoms with Crippen molar-refractivity contribution in [1.82, 2.24) is 0 Å². The molecule has 2 aromatic carbocycles. The van der Waals surface area contributed by atoms with Crippen molar-refractivity contribution < 1.29 is 38.7 Å². The third-order valence-corrected chi connectivity index (χ3v) is 7.78. The van der Waals surface area contributed by atoms with Gasteiger partial charge in [0.2, 0.25) is 0 Å². The fraction of sp³-hybridized carbons (Fsp3) is 0.486. The first-order valence-electron chi connectivity index (χ1n) is 15.6. The van der Waals surface area contributed by atoms with E-state index in [1.54, 1.807) is 60.7 Å². The number of hydrogen-bond donors (Lipinski definition) is 0. The first kappa shape index (κ1) is 33.6. The van der Waals surface area contributed by atoms with Gasteiger partial charge >= 0.3 is 23.9 Å². The van der Waals surface area contributed by atoms with Gasteiger partial charge in [0.25, 0.3) is 0 Å². The van der Waals surface area contributed by atoms with Gasteiger partial charge < -0.3 is 0 Å². The van der Waals surface area contributed by atoms with Gasteiger partial charge in [-0.3, -0.25) is 0 Å². The van der Waals surface area contributed by atoms with E-state index in [9.17, 15) is 19.2 Å². The van der Waals surface area contributed by atoms with Crippen LogP contribution in [0.2, 0.25) is 0 Å². The number of benzene rings is 2. The molecule has 2 aromatic rings. The predicted octanol–water partition coefficient (Wildman–Crippen LogP) is 8.13. The lowest BCUT2D eigenvalue weighted by Crippen LogP contribution is -2.30. The lowest BCUT2D eigenvalue weighted by molar-refractivity contribution is -0.240. The maximum atomic E-state index is 13.0. The summed E-state index contributed by atoms with van der Waals surface area (Å²) in [5.41, 5.74) is 0.650. The van der Waals surface area contributed by atoms with Crippen molar-refractivity contribution >= 4 is 23.9 Å². The normalized spacial score (nSPS) is 17.6. The summed E-state index contributed by atoms with van der Waals surface area (Å²) in [7, 11) is 0. The van der Waals surface area contributed by atoms with Gasteiger partial charge in [-0.2, -0.15) is 0 Å². The Morgan fingerprint density at radius 3 is 1.84 bits per heavy atom. The molecule has 3 rings (SSSR count). The van der Waals surface area contributed by atoms with E-state index >= 15 is 0 Å². The topological polar surface area (TPSA) is 105 Å². The summed E-state index contributed by atoms with van der Waals surface area (Å²) in [5, 5.41) is 0. The van der Waals surface area contributed by atoms with Crippen molar-refractivity contribution in [1.29, 1.82) is 0 Å². The highest BCUT2D eigenvalue weighted by Crippen LogP contribution is 2.35. The van der Waals surface area contributed by atoms with Crippen molar-refractivity contribution in [3.05, 3.63) is 83.9 Å². The molecule has 43 heavy (non-hydrogen) atoms. The lowest BCUT2D eigenvalue weighted by atomic mass is 9.75. The van der Waals surface area contributed by atoms with Gasteiger partial charge in [0.1, 0.15) is 0 Å². The van der Waals surface area contributed by atoms with Gasteiger partial charge in [0.05, 0.1) is 23.5 Å². The first-order chi connectivity index (χ1) is 21.0. The Hall–Kier alpha value is -3.94. The Kier molecular flexibility index (Phi) is 15.1. The van der Waals surface area contributed by atoms with Gasteiger partial charge in [-0.1, -0.05) is 107 Å². The molecular weight excluding hydrogens is 548 g/mol. The summed E-state index contributed by atoms with van der Waals surface area (Å²) < 4.78 is 0. The van der Waals surface area contributed by atoms with Crippen LogP contribution in [0.1, 0.15) is 111 Å². The highest BCUT2D eigenvalue weighted by atomic mass is 17.2. The van der Waals surface area contributed by atoms with E-state index in [1.807, 2.05) is 0 Å². The molecule has 8 nitrogen and oxygen atoms in total. The standard InChI is InChI=1S/C35H44O8/c1-2-3-4-11-18-28-25-24-27(26-31(28)35(39)43-42-34(38)30-21-14-9-15-22-30)17-10-6-5-7-16-23-32(36)40-41-33(37)29-19-12-8-13-20-29/h8-9,12-15,19-22,24-25,27-28,31H,2-7,10-11,16-18,23,26H2,1H3. The quantitative estimate of drug-likeness (QED) is 0.0833. The molecule has 3 atom stereocenters. The van der Waals surface area contributed by atoms with Gasteiger partial charge in [-0.15, -0.1) is 0 Å². The third kappa shape index (κ3) is 12.4. The fourth-order valence-electron chi connectivity index (χ4n) is 5.32. The molecule has 0 saturated carbocycles. The highest BCUT2D eigenvalue weighted by molar-refractivity contribution is 5.90. The molecule has 0 fully saturated rings. The lowest BCUT2D eigenvalue weighted by Gasteiger charge is -2.30. The molecule has 3 unspecified atom stereocenters. The van der Waals surface area contributed by atoms with E-state index in [2.05, 4.69) is 28.9 Å². The summed E-state index contributed by atoms with van der Waals surface area (Å²) in [4.78, 5) is 68.2. The molecule has 1 aliphatic rings. The van der Waals surface area contributed by atoms with Crippen LogP contribution in [0.5, 0.6) is 0 Å². The Bertz CT molecular complexity index is 1160. The molecule has 0 bridgehead atoms. The van der Waals surface area contributed by atoms with Crippen LogP contribution in [0.15, 0.2) is 72.8 Å². The molecule has 0 amide bonds. The number of allylic oxidation sites excluding steroid dienone is 2. The zero-order valence-corrected chi connectivity index (χ0v) is 25.1. The second-order valence-electron chi connectivity index (χ2n) is 11.1. The average Bonchev–Trinajstić information content (AvgIpc) is 3.05. The summed E-state index contributed by atoms with van der Waals surface area (Å²) >= 11 is 0. The van der Waals surface area contributed by atoms with E-state index in [1.165, 1.54) is 6.42 Å². The van der Waals surface area contributed by atoms with Crippen molar-refractivity contribution in [2.75, 3.05) is 0 Å². The summed E-state index contributed by atoms with van der Waals surface area (Å²) in [5.74, 6) is -2.45. The Balaban J connectivity index is 1.35. The van der Waals surface area contributed by atoms with E-state index in [4.69, 9.17) is 9.78 Å². The maximum Gasteiger partial charge on any atom is 0.386 e. The molecule has 0 saturated heterocycles. The number of rotatable bonds is 16. The third-order valence-electron chi connectivity index (χ3n) is 7.78. The van der Waals surface area contributed by atoms with Crippen molar-refractivity contribution in [3.63, 3.8) is 0 Å². The van der Waals surface area contributed by atoms with E-state index < -0.39 is 23.9 Å². The van der Waals surface area contributed by atoms with Crippen LogP contribution in [-0.4, -0.2) is 23.9 Å². The van der Waals surface area contributed by atoms with E-state index in [-0.39, 0.29) is 24.2 Å². The second-order valence-corrected chi connectivity index (χ2v) is 11.1. The van der Waals surface area contributed by atoms with Crippen molar-refractivity contribution in [2.45, 2.75) is 90.4 Å². The van der Waals surface area contributed by atoms with Crippen LogP contribution >= 0.6 is 0 Å². The summed E-state index contributed by atoms with van der Waals surface area (Å²) in [6.07, 6.45) is 16.1. The minimum atomic E-state index is -0.697. The largest absolute Gasteiger partial charge is 0.386 e. The molecule has 0 radical (unpaired) electrons. The number of unbranched alkanes of at least 4 members (excludes halogenated alkanes) is 7. The second kappa shape index (κ2) is 19.3. The molecule has 1 aliphatic carbocycles. The maximum absolute atomic E-state index is 13.0.